The third-order valence-electron chi connectivity index (χ3n) is 5.92. The number of anilines is 2. The summed E-state index contributed by atoms with van der Waals surface area (Å²) >= 11 is 0. The van der Waals surface area contributed by atoms with E-state index in [4.69, 9.17) is 9.26 Å². The van der Waals surface area contributed by atoms with Crippen molar-refractivity contribution in [2.75, 3.05) is 31.1 Å². The molecule has 0 atom stereocenters. The second-order valence-electron chi connectivity index (χ2n) is 7.97. The molecule has 0 unspecified atom stereocenters. The van der Waals surface area contributed by atoms with Gasteiger partial charge >= 0.3 is 0 Å². The average molecular weight is 444 g/mol. The summed E-state index contributed by atoms with van der Waals surface area (Å²) < 4.78 is 39.5. The lowest BCUT2D eigenvalue weighted by molar-refractivity contribution is -0.0494. The van der Waals surface area contributed by atoms with Crippen LogP contribution in [0.4, 0.5) is 20.3 Å². The quantitative estimate of drug-likeness (QED) is 0.616. The number of pyridine rings is 1. The summed E-state index contributed by atoms with van der Waals surface area (Å²) in [5.41, 5.74) is 1.39. The Morgan fingerprint density at radius 2 is 1.97 bits per heavy atom. The van der Waals surface area contributed by atoms with Gasteiger partial charge in [-0.2, -0.15) is 4.74 Å². The Hall–Kier alpha value is -3.43. The van der Waals surface area contributed by atoms with Crippen LogP contribution in [0.3, 0.4) is 0 Å². The first-order valence-electron chi connectivity index (χ1n) is 10.6. The molecule has 1 aromatic carbocycles. The first kappa shape index (κ1) is 20.5. The van der Waals surface area contributed by atoms with Crippen molar-refractivity contribution in [1.82, 2.24) is 14.6 Å². The molecule has 1 saturated heterocycles. The maximum Gasteiger partial charge on any atom is 0.290 e. The number of carbonyl (C=O) groups excluding carboxylic acids is 1. The topological polar surface area (TPSA) is 80.8 Å². The van der Waals surface area contributed by atoms with Gasteiger partial charge in [0.15, 0.2) is 17.2 Å². The van der Waals surface area contributed by atoms with Crippen LogP contribution in [0.2, 0.25) is 0 Å². The molecule has 2 aromatic heterocycles. The number of carbonyl (C=O) groups is 1. The van der Waals surface area contributed by atoms with Crippen LogP contribution in [0.15, 0.2) is 39.8 Å². The van der Waals surface area contributed by atoms with Crippen molar-refractivity contribution in [3.05, 3.63) is 46.4 Å². The maximum atomic E-state index is 13.4. The molecule has 8 nitrogen and oxygen atoms in total. The van der Waals surface area contributed by atoms with Crippen LogP contribution in [0.25, 0.3) is 11.0 Å². The summed E-state index contributed by atoms with van der Waals surface area (Å²) in [5.74, 6) is -2.07. The van der Waals surface area contributed by atoms with Gasteiger partial charge in [-0.15, -0.1) is 0 Å². The van der Waals surface area contributed by atoms with E-state index in [0.29, 0.717) is 47.8 Å². The standard InChI is InChI=1S/C22H22F2N4O4/c1-2-28-21(30)16-4-3-15(12-17(16)32-28)27-9-10-31-18-11-14(13-25-19(18)27)20(29)26-7-5-22(23,24)6-8-26/h3-4,11-13H,2,5-10H2,1H3. The summed E-state index contributed by atoms with van der Waals surface area (Å²) in [6.07, 6.45) is 0.779. The highest BCUT2D eigenvalue weighted by Gasteiger charge is 2.36. The van der Waals surface area contributed by atoms with E-state index in [0.717, 1.165) is 5.69 Å². The minimum Gasteiger partial charge on any atom is -0.488 e. The number of benzene rings is 1. The number of ether oxygens (including phenoxy) is 1. The van der Waals surface area contributed by atoms with Crippen LogP contribution < -0.4 is 15.2 Å². The van der Waals surface area contributed by atoms with E-state index in [2.05, 4.69) is 4.98 Å². The first-order valence-corrected chi connectivity index (χ1v) is 10.6. The smallest absolute Gasteiger partial charge is 0.290 e. The largest absolute Gasteiger partial charge is 0.488 e. The van der Waals surface area contributed by atoms with Crippen molar-refractivity contribution in [2.24, 2.45) is 0 Å². The number of piperidine rings is 1. The number of alkyl halides is 2. The number of amides is 1. The van der Waals surface area contributed by atoms with E-state index in [1.54, 1.807) is 18.2 Å². The Bertz CT molecular complexity index is 1240. The van der Waals surface area contributed by atoms with Crippen molar-refractivity contribution in [1.29, 1.82) is 0 Å². The second kappa shape index (κ2) is 7.61. The lowest BCUT2D eigenvalue weighted by Gasteiger charge is -2.32. The van der Waals surface area contributed by atoms with Gasteiger partial charge in [0.25, 0.3) is 17.4 Å². The molecule has 1 amide bonds. The minimum absolute atomic E-state index is 0.0124. The van der Waals surface area contributed by atoms with Crippen LogP contribution in [0.5, 0.6) is 5.75 Å². The zero-order chi connectivity index (χ0) is 22.5. The number of hydrogen-bond acceptors (Lipinski definition) is 6. The predicted molar refractivity (Wildman–Crippen MR) is 113 cm³/mol. The van der Waals surface area contributed by atoms with Crippen LogP contribution in [0, 0.1) is 0 Å². The molecule has 3 aromatic rings. The van der Waals surface area contributed by atoms with E-state index >= 15 is 0 Å². The third kappa shape index (κ3) is 3.49. The first-order chi connectivity index (χ1) is 15.4. The Labute approximate surface area is 181 Å². The minimum atomic E-state index is -2.72. The number of rotatable bonds is 3. The fraction of sp³-hybridized carbons (Fsp3) is 0.409. The van der Waals surface area contributed by atoms with Gasteiger partial charge in [-0.1, -0.05) is 0 Å². The molecule has 32 heavy (non-hydrogen) atoms. The van der Waals surface area contributed by atoms with Gasteiger partial charge in [-0.25, -0.2) is 13.8 Å². The Morgan fingerprint density at radius 1 is 1.19 bits per heavy atom. The normalized spacial score (nSPS) is 17.8. The molecule has 2 aliphatic rings. The molecule has 0 radical (unpaired) electrons. The summed E-state index contributed by atoms with van der Waals surface area (Å²) in [4.78, 5) is 32.8. The number of halogens is 2. The van der Waals surface area contributed by atoms with E-state index in [1.807, 2.05) is 17.9 Å². The molecule has 2 aliphatic heterocycles. The molecule has 10 heteroatoms. The maximum absolute atomic E-state index is 13.4. The van der Waals surface area contributed by atoms with E-state index in [-0.39, 0.29) is 37.4 Å². The zero-order valence-electron chi connectivity index (χ0n) is 17.5. The highest BCUT2D eigenvalue weighted by molar-refractivity contribution is 5.95. The molecule has 0 aliphatic carbocycles. The van der Waals surface area contributed by atoms with Crippen LogP contribution in [-0.4, -0.2) is 52.7 Å². The number of aryl methyl sites for hydroxylation is 1. The molecular weight excluding hydrogens is 422 g/mol. The molecule has 4 heterocycles. The monoisotopic (exact) mass is 444 g/mol. The second-order valence-corrected chi connectivity index (χ2v) is 7.97. The van der Waals surface area contributed by atoms with E-state index in [1.165, 1.54) is 15.8 Å². The van der Waals surface area contributed by atoms with E-state index in [9.17, 15) is 18.4 Å². The molecule has 0 saturated carbocycles. The summed E-state index contributed by atoms with van der Waals surface area (Å²) in [7, 11) is 0. The van der Waals surface area contributed by atoms with Crippen LogP contribution in [-0.2, 0) is 6.54 Å². The molecular formula is C22H22F2N4O4. The fourth-order valence-electron chi connectivity index (χ4n) is 4.12. The highest BCUT2D eigenvalue weighted by atomic mass is 19.3. The average Bonchev–Trinajstić information content (AvgIpc) is 3.12. The van der Waals surface area contributed by atoms with Crippen molar-refractivity contribution < 1.29 is 22.8 Å². The SMILES string of the molecule is CCn1oc2cc(N3CCOc4cc(C(=O)N5CCC(F)(F)CC5)cnc43)ccc2c1=O. The van der Waals surface area contributed by atoms with Crippen molar-refractivity contribution in [3.63, 3.8) is 0 Å². The Balaban J connectivity index is 1.43. The molecule has 1 fully saturated rings. The van der Waals surface area contributed by atoms with Gasteiger partial charge in [0.2, 0.25) is 0 Å². The summed E-state index contributed by atoms with van der Waals surface area (Å²) in [6.45, 7) is 3.20. The predicted octanol–water partition coefficient (Wildman–Crippen LogP) is 3.41. The molecule has 0 N–H and O–H groups in total. The molecule has 0 bridgehead atoms. The van der Waals surface area contributed by atoms with Gasteiger partial charge in [0, 0.05) is 43.9 Å². The number of fused-ring (bicyclic) bond motifs is 2. The van der Waals surface area contributed by atoms with Gasteiger partial charge in [-0.05, 0) is 25.1 Å². The van der Waals surface area contributed by atoms with Crippen molar-refractivity contribution in [2.45, 2.75) is 32.2 Å². The number of likely N-dealkylation sites (tertiary alicyclic amines) is 1. The zero-order valence-corrected chi connectivity index (χ0v) is 17.5. The summed E-state index contributed by atoms with van der Waals surface area (Å²) in [6, 6.07) is 6.94. The fourth-order valence-corrected chi connectivity index (χ4v) is 4.12. The Kier molecular flexibility index (Phi) is 4.87. The Morgan fingerprint density at radius 3 is 2.72 bits per heavy atom. The lowest BCUT2D eigenvalue weighted by Crippen LogP contribution is -2.42. The van der Waals surface area contributed by atoms with Crippen molar-refractivity contribution >= 4 is 28.4 Å². The van der Waals surface area contributed by atoms with Crippen molar-refractivity contribution in [3.8, 4) is 5.75 Å². The highest BCUT2D eigenvalue weighted by Crippen LogP contribution is 2.36. The molecule has 0 spiro atoms. The number of hydrogen-bond donors (Lipinski definition) is 0. The van der Waals surface area contributed by atoms with E-state index < -0.39 is 5.92 Å². The lowest BCUT2D eigenvalue weighted by atomic mass is 10.1. The van der Waals surface area contributed by atoms with Gasteiger partial charge in [0.05, 0.1) is 24.0 Å². The van der Waals surface area contributed by atoms with Gasteiger partial charge < -0.3 is 19.1 Å². The summed E-state index contributed by atoms with van der Waals surface area (Å²) in [5, 5.41) is 0.505. The molecule has 168 valence electrons. The van der Waals surface area contributed by atoms with Crippen LogP contribution >= 0.6 is 0 Å². The third-order valence-corrected chi connectivity index (χ3v) is 5.92. The van der Waals surface area contributed by atoms with Gasteiger partial charge in [-0.3, -0.25) is 9.59 Å². The number of nitrogens with zero attached hydrogens (tertiary/aromatic N) is 4. The molecule has 5 rings (SSSR count). The van der Waals surface area contributed by atoms with Gasteiger partial charge in [0.1, 0.15) is 6.61 Å². The van der Waals surface area contributed by atoms with Crippen LogP contribution in [0.1, 0.15) is 30.1 Å². The number of aromatic nitrogens is 2.